The van der Waals surface area contributed by atoms with Crippen LogP contribution >= 0.6 is 22.6 Å². The maximum atomic E-state index is 13.1. The normalized spacial score (nSPS) is 21.6. The summed E-state index contributed by atoms with van der Waals surface area (Å²) in [5.74, 6) is 0.628. The van der Waals surface area contributed by atoms with Crippen LogP contribution < -0.4 is 14.8 Å². The number of benzene rings is 1. The number of carbonyl (C=O) groups is 3. The number of hydrogen-bond donors (Lipinski definition) is 3. The Kier molecular flexibility index (Phi) is 9.93. The van der Waals surface area contributed by atoms with Crippen molar-refractivity contribution in [1.29, 1.82) is 0 Å². The average molecular weight is 600 g/mol. The van der Waals surface area contributed by atoms with Gasteiger partial charge in [-0.3, -0.25) is 14.4 Å². The molecular weight excluding hydrogens is 567 g/mol. The summed E-state index contributed by atoms with van der Waals surface area (Å²) in [6.45, 7) is 2.36. The van der Waals surface area contributed by atoms with Crippen molar-refractivity contribution in [3.05, 3.63) is 32.9 Å². The van der Waals surface area contributed by atoms with Gasteiger partial charge in [-0.2, -0.15) is 0 Å². The number of halogens is 1. The third kappa shape index (κ3) is 6.95. The summed E-state index contributed by atoms with van der Waals surface area (Å²) in [6.07, 6.45) is 3.54. The third-order valence-corrected chi connectivity index (χ3v) is 6.99. The van der Waals surface area contributed by atoms with Crippen molar-refractivity contribution in [3.63, 3.8) is 0 Å². The Labute approximate surface area is 219 Å². The fourth-order valence-electron chi connectivity index (χ4n) is 4.20. The van der Waals surface area contributed by atoms with E-state index in [9.17, 15) is 19.5 Å². The van der Waals surface area contributed by atoms with Crippen LogP contribution in [0, 0.1) is 9.49 Å². The van der Waals surface area contributed by atoms with Gasteiger partial charge in [0.2, 0.25) is 11.8 Å². The van der Waals surface area contributed by atoms with Crippen LogP contribution in [-0.4, -0.2) is 78.3 Å². The van der Waals surface area contributed by atoms with E-state index in [0.717, 1.165) is 12.8 Å². The first-order valence-corrected chi connectivity index (χ1v) is 13.0. The number of rotatable bonds is 12. The molecule has 1 fully saturated rings. The van der Waals surface area contributed by atoms with Crippen LogP contribution in [-0.2, 0) is 9.59 Å². The molecule has 10 heteroatoms. The average Bonchev–Trinajstić information content (AvgIpc) is 3.67. The van der Waals surface area contributed by atoms with E-state index in [4.69, 9.17) is 14.6 Å². The van der Waals surface area contributed by atoms with Gasteiger partial charge < -0.3 is 29.9 Å². The molecule has 0 saturated heterocycles. The third-order valence-electron chi connectivity index (χ3n) is 6.19. The number of nitrogens with zero attached hydrogens (tertiary/aromatic N) is 1. The van der Waals surface area contributed by atoms with Gasteiger partial charge in [-0.05, 0) is 66.0 Å². The SMILES string of the molecule is CCCC(=O)N(CC1CC1)[C@@H]1CC(C(=O)NCCO)=C[C@H](Oc2c(I)cc(C=O)cc2OC)[C@H]1O. The second-order valence-corrected chi connectivity index (χ2v) is 10.1. The van der Waals surface area contributed by atoms with E-state index in [1.165, 1.54) is 7.11 Å². The fraction of sp³-hybridized carbons (Fsp3) is 0.560. The van der Waals surface area contributed by atoms with E-state index in [0.29, 0.717) is 57.8 Å². The standard InChI is InChI=1S/C25H33IN2O7/c1-3-4-22(31)28(13-15-5-6-15)19-11-17(25(33)27-7-8-29)12-20(23(19)32)35-24-18(26)9-16(14-30)10-21(24)34-2/h9-10,12,14-15,19-20,23,29,32H,3-8,11,13H2,1-2H3,(H,27,33)/t19-,20+,23+/m1/s1. The lowest BCUT2D eigenvalue weighted by atomic mass is 9.87. The zero-order chi connectivity index (χ0) is 25.5. The van der Waals surface area contributed by atoms with Crippen LogP contribution in [0.1, 0.15) is 49.4 Å². The Morgan fingerprint density at radius 3 is 2.66 bits per heavy atom. The lowest BCUT2D eigenvalue weighted by Gasteiger charge is -2.41. The predicted molar refractivity (Wildman–Crippen MR) is 137 cm³/mol. The number of nitrogens with one attached hydrogen (secondary N) is 1. The van der Waals surface area contributed by atoms with Gasteiger partial charge >= 0.3 is 0 Å². The maximum Gasteiger partial charge on any atom is 0.247 e. The number of hydrogen-bond acceptors (Lipinski definition) is 7. The second kappa shape index (κ2) is 12.7. The molecule has 192 valence electrons. The molecule has 1 aromatic rings. The summed E-state index contributed by atoms with van der Waals surface area (Å²) in [6, 6.07) is 2.54. The summed E-state index contributed by atoms with van der Waals surface area (Å²) in [5, 5.41) is 23.2. The Bertz CT molecular complexity index is 963. The number of carbonyl (C=O) groups excluding carboxylic acids is 3. The summed E-state index contributed by atoms with van der Waals surface area (Å²) in [7, 11) is 1.46. The molecule has 9 nitrogen and oxygen atoms in total. The van der Waals surface area contributed by atoms with Crippen molar-refractivity contribution in [2.24, 2.45) is 5.92 Å². The topological polar surface area (TPSA) is 125 Å². The number of aldehydes is 1. The van der Waals surface area contributed by atoms with Gasteiger partial charge in [0.05, 0.1) is 23.3 Å². The largest absolute Gasteiger partial charge is 0.493 e. The quantitative estimate of drug-likeness (QED) is 0.248. The lowest BCUT2D eigenvalue weighted by Crippen LogP contribution is -2.55. The first kappa shape index (κ1) is 27.4. The van der Waals surface area contributed by atoms with Crippen molar-refractivity contribution in [3.8, 4) is 11.5 Å². The number of ether oxygens (including phenoxy) is 2. The zero-order valence-corrected chi connectivity index (χ0v) is 22.2. The Morgan fingerprint density at radius 2 is 2.06 bits per heavy atom. The predicted octanol–water partition coefficient (Wildman–Crippen LogP) is 2.07. The van der Waals surface area contributed by atoms with Crippen molar-refractivity contribution >= 4 is 40.7 Å². The van der Waals surface area contributed by atoms with E-state index >= 15 is 0 Å². The molecule has 0 bridgehead atoms. The summed E-state index contributed by atoms with van der Waals surface area (Å²) in [4.78, 5) is 38.9. The molecule has 35 heavy (non-hydrogen) atoms. The molecule has 2 amide bonds. The van der Waals surface area contributed by atoms with Crippen molar-refractivity contribution in [1.82, 2.24) is 10.2 Å². The van der Waals surface area contributed by atoms with E-state index in [-0.39, 0.29) is 31.4 Å². The molecule has 3 rings (SSSR count). The summed E-state index contributed by atoms with van der Waals surface area (Å²) < 4.78 is 12.2. The van der Waals surface area contributed by atoms with E-state index < -0.39 is 18.2 Å². The molecule has 1 aromatic carbocycles. The highest BCUT2D eigenvalue weighted by molar-refractivity contribution is 14.1. The van der Waals surface area contributed by atoms with Crippen LogP contribution in [0.25, 0.3) is 0 Å². The van der Waals surface area contributed by atoms with Crippen molar-refractivity contribution < 1.29 is 34.1 Å². The summed E-state index contributed by atoms with van der Waals surface area (Å²) in [5.41, 5.74) is 0.795. The van der Waals surface area contributed by atoms with Gasteiger partial charge in [-0.25, -0.2) is 0 Å². The maximum absolute atomic E-state index is 13.1. The number of methoxy groups -OCH3 is 1. The molecular formula is C25H33IN2O7. The van der Waals surface area contributed by atoms with Gasteiger partial charge in [0.15, 0.2) is 11.5 Å². The van der Waals surface area contributed by atoms with Crippen molar-refractivity contribution in [2.75, 3.05) is 26.8 Å². The molecule has 0 radical (unpaired) electrons. The van der Waals surface area contributed by atoms with E-state index in [1.54, 1.807) is 23.1 Å². The van der Waals surface area contributed by atoms with Gasteiger partial charge in [-0.15, -0.1) is 0 Å². The molecule has 2 aliphatic carbocycles. The monoisotopic (exact) mass is 600 g/mol. The smallest absolute Gasteiger partial charge is 0.247 e. The molecule has 3 N–H and O–H groups in total. The second-order valence-electron chi connectivity index (χ2n) is 8.91. The van der Waals surface area contributed by atoms with E-state index in [1.807, 2.05) is 29.5 Å². The number of aliphatic hydroxyl groups excluding tert-OH is 2. The Morgan fingerprint density at radius 1 is 1.31 bits per heavy atom. The first-order chi connectivity index (χ1) is 16.8. The van der Waals surface area contributed by atoms with Gasteiger partial charge in [0.1, 0.15) is 18.5 Å². The molecule has 0 unspecified atom stereocenters. The number of aliphatic hydroxyl groups is 2. The molecule has 3 atom stereocenters. The van der Waals surface area contributed by atoms with Crippen LogP contribution in [0.2, 0.25) is 0 Å². The molecule has 0 heterocycles. The Hall–Kier alpha value is -2.18. The first-order valence-electron chi connectivity index (χ1n) is 11.9. The lowest BCUT2D eigenvalue weighted by molar-refractivity contribution is -0.139. The molecule has 0 spiro atoms. The molecule has 2 aliphatic rings. The number of amides is 2. The van der Waals surface area contributed by atoms with Gasteiger partial charge in [0, 0.05) is 37.1 Å². The zero-order valence-electron chi connectivity index (χ0n) is 20.0. The van der Waals surface area contributed by atoms with Gasteiger partial charge in [-0.1, -0.05) is 6.92 Å². The minimum absolute atomic E-state index is 0.0540. The Balaban J connectivity index is 1.97. The van der Waals surface area contributed by atoms with Gasteiger partial charge in [0.25, 0.3) is 0 Å². The molecule has 0 aliphatic heterocycles. The van der Waals surface area contributed by atoms with Crippen LogP contribution in [0.4, 0.5) is 0 Å². The highest BCUT2D eigenvalue weighted by Gasteiger charge is 2.42. The highest BCUT2D eigenvalue weighted by Crippen LogP contribution is 2.38. The fourth-order valence-corrected chi connectivity index (χ4v) is 4.95. The summed E-state index contributed by atoms with van der Waals surface area (Å²) >= 11 is 2.03. The molecule has 0 aromatic heterocycles. The van der Waals surface area contributed by atoms with Crippen LogP contribution in [0.3, 0.4) is 0 Å². The van der Waals surface area contributed by atoms with Crippen molar-refractivity contribution in [2.45, 2.75) is 57.3 Å². The highest BCUT2D eigenvalue weighted by atomic mass is 127. The van der Waals surface area contributed by atoms with Crippen LogP contribution in [0.5, 0.6) is 11.5 Å². The van der Waals surface area contributed by atoms with E-state index in [2.05, 4.69) is 5.32 Å². The minimum Gasteiger partial charge on any atom is -0.493 e. The van der Waals surface area contributed by atoms with Crippen LogP contribution in [0.15, 0.2) is 23.8 Å². The minimum atomic E-state index is -1.09. The molecule has 1 saturated carbocycles.